The second-order valence-electron chi connectivity index (χ2n) is 5.77. The molecule has 0 radical (unpaired) electrons. The summed E-state index contributed by atoms with van der Waals surface area (Å²) in [5, 5.41) is 9.55. The van der Waals surface area contributed by atoms with E-state index in [0.29, 0.717) is 26.0 Å². The van der Waals surface area contributed by atoms with Crippen LogP contribution >= 0.6 is 0 Å². The molecule has 0 aromatic heterocycles. The number of carboxylic acids is 1. The highest BCUT2D eigenvalue weighted by atomic mass is 16.5. The minimum atomic E-state index is -1.03. The van der Waals surface area contributed by atoms with Gasteiger partial charge in [0.05, 0.1) is 12.1 Å². The van der Waals surface area contributed by atoms with Crippen LogP contribution in [0.1, 0.15) is 39.5 Å². The van der Waals surface area contributed by atoms with E-state index in [1.807, 2.05) is 13.8 Å². The Bertz CT molecular complexity index is 401. The largest absolute Gasteiger partial charge is 0.479 e. The van der Waals surface area contributed by atoms with Crippen molar-refractivity contribution in [1.82, 2.24) is 9.80 Å². The van der Waals surface area contributed by atoms with Crippen molar-refractivity contribution >= 4 is 12.0 Å². The number of hydrogen-bond donors (Lipinski definition) is 1. The Hall–Kier alpha value is -1.30. The van der Waals surface area contributed by atoms with Gasteiger partial charge in [-0.25, -0.2) is 9.59 Å². The zero-order valence-electron chi connectivity index (χ0n) is 12.5. The molecule has 6 nitrogen and oxygen atoms in total. The predicted molar refractivity (Wildman–Crippen MR) is 73.6 cm³/mol. The van der Waals surface area contributed by atoms with Crippen molar-refractivity contribution in [3.63, 3.8) is 0 Å². The van der Waals surface area contributed by atoms with Crippen LogP contribution in [0.4, 0.5) is 4.79 Å². The molecule has 2 fully saturated rings. The maximum atomic E-state index is 12.7. The van der Waals surface area contributed by atoms with Gasteiger partial charge >= 0.3 is 12.0 Å². The van der Waals surface area contributed by atoms with E-state index in [9.17, 15) is 14.7 Å². The molecule has 0 aromatic carbocycles. The van der Waals surface area contributed by atoms with Gasteiger partial charge in [-0.3, -0.25) is 0 Å². The van der Waals surface area contributed by atoms with Crippen LogP contribution in [0.15, 0.2) is 0 Å². The maximum Gasteiger partial charge on any atom is 0.329 e. The SMILES string of the molecule is CCC1(C(=O)O)CCCN1C(=O)N(C)C1CCOC1C. The first-order valence-corrected chi connectivity index (χ1v) is 7.33. The van der Waals surface area contributed by atoms with Gasteiger partial charge in [-0.2, -0.15) is 0 Å². The summed E-state index contributed by atoms with van der Waals surface area (Å²) in [6.45, 7) is 4.96. The summed E-state index contributed by atoms with van der Waals surface area (Å²) in [5.41, 5.74) is -1.03. The molecule has 2 aliphatic rings. The van der Waals surface area contributed by atoms with Gasteiger partial charge in [-0.15, -0.1) is 0 Å². The monoisotopic (exact) mass is 284 g/mol. The van der Waals surface area contributed by atoms with Gasteiger partial charge in [0.15, 0.2) is 0 Å². The average Bonchev–Trinajstić information content (AvgIpc) is 3.03. The molecule has 0 aliphatic carbocycles. The standard InChI is InChI=1S/C14H24N2O4/c1-4-14(12(17)18)7-5-8-16(14)13(19)15(3)11-6-9-20-10(11)2/h10-11H,4-9H2,1-3H3,(H,17,18). The van der Waals surface area contributed by atoms with Crippen LogP contribution in [0.2, 0.25) is 0 Å². The minimum Gasteiger partial charge on any atom is -0.479 e. The molecule has 0 bridgehead atoms. The third-order valence-electron chi connectivity index (χ3n) is 4.84. The van der Waals surface area contributed by atoms with E-state index in [1.54, 1.807) is 16.8 Å². The molecule has 3 atom stereocenters. The normalized spacial score (nSPS) is 33.5. The van der Waals surface area contributed by atoms with Gasteiger partial charge in [-0.05, 0) is 32.6 Å². The second-order valence-corrected chi connectivity index (χ2v) is 5.77. The number of aliphatic carboxylic acids is 1. The van der Waals surface area contributed by atoms with Crippen molar-refractivity contribution in [1.29, 1.82) is 0 Å². The summed E-state index contributed by atoms with van der Waals surface area (Å²) >= 11 is 0. The highest BCUT2D eigenvalue weighted by Gasteiger charge is 2.50. The molecule has 0 aromatic rings. The lowest BCUT2D eigenvalue weighted by Gasteiger charge is -2.38. The number of likely N-dealkylation sites (tertiary alicyclic amines) is 1. The van der Waals surface area contributed by atoms with Crippen molar-refractivity contribution in [2.45, 2.75) is 57.2 Å². The average molecular weight is 284 g/mol. The highest BCUT2D eigenvalue weighted by molar-refractivity contribution is 5.87. The Morgan fingerprint density at radius 3 is 2.70 bits per heavy atom. The van der Waals surface area contributed by atoms with Crippen LogP contribution < -0.4 is 0 Å². The van der Waals surface area contributed by atoms with E-state index in [2.05, 4.69) is 0 Å². The first kappa shape index (κ1) is 15.1. The Labute approximate surface area is 119 Å². The van der Waals surface area contributed by atoms with Gasteiger partial charge in [0.25, 0.3) is 0 Å². The molecule has 2 amide bonds. The third kappa shape index (κ3) is 2.26. The number of rotatable bonds is 3. The van der Waals surface area contributed by atoms with Crippen LogP contribution in [-0.2, 0) is 9.53 Å². The van der Waals surface area contributed by atoms with E-state index >= 15 is 0 Å². The van der Waals surface area contributed by atoms with E-state index in [1.165, 1.54) is 0 Å². The summed E-state index contributed by atoms with van der Waals surface area (Å²) in [6.07, 6.45) is 2.54. The Kier molecular flexibility index (Phi) is 4.22. The zero-order valence-corrected chi connectivity index (χ0v) is 12.5. The summed E-state index contributed by atoms with van der Waals surface area (Å²) in [7, 11) is 1.75. The lowest BCUT2D eigenvalue weighted by Crippen LogP contribution is -2.58. The fourth-order valence-corrected chi connectivity index (χ4v) is 3.46. The van der Waals surface area contributed by atoms with Gasteiger partial charge in [0.2, 0.25) is 0 Å². The van der Waals surface area contributed by atoms with Crippen LogP contribution in [0, 0.1) is 0 Å². The third-order valence-corrected chi connectivity index (χ3v) is 4.84. The predicted octanol–water partition coefficient (Wildman–Crippen LogP) is 1.54. The highest BCUT2D eigenvalue weighted by Crippen LogP contribution is 2.34. The molecule has 2 heterocycles. The second kappa shape index (κ2) is 5.60. The smallest absolute Gasteiger partial charge is 0.329 e. The number of urea groups is 1. The Balaban J connectivity index is 2.17. The molecule has 6 heteroatoms. The maximum absolute atomic E-state index is 12.7. The molecular weight excluding hydrogens is 260 g/mol. The van der Waals surface area contributed by atoms with E-state index < -0.39 is 11.5 Å². The first-order valence-electron chi connectivity index (χ1n) is 7.33. The molecule has 0 saturated carbocycles. The van der Waals surface area contributed by atoms with Crippen molar-refractivity contribution in [3.05, 3.63) is 0 Å². The Morgan fingerprint density at radius 1 is 1.50 bits per heavy atom. The summed E-state index contributed by atoms with van der Waals surface area (Å²) in [4.78, 5) is 27.5. The lowest BCUT2D eigenvalue weighted by molar-refractivity contribution is -0.148. The number of carbonyl (C=O) groups excluding carboxylic acids is 1. The molecular formula is C14H24N2O4. The number of nitrogens with zero attached hydrogens (tertiary/aromatic N) is 2. The number of likely N-dealkylation sites (N-methyl/N-ethyl adjacent to an activating group) is 1. The molecule has 2 rings (SSSR count). The molecule has 2 saturated heterocycles. The van der Waals surface area contributed by atoms with Crippen molar-refractivity contribution in [3.8, 4) is 0 Å². The van der Waals surface area contributed by atoms with Gasteiger partial charge < -0.3 is 19.6 Å². The number of amides is 2. The van der Waals surface area contributed by atoms with Crippen molar-refractivity contribution < 1.29 is 19.4 Å². The summed E-state index contributed by atoms with van der Waals surface area (Å²) in [6, 6.07) is -0.152. The first-order chi connectivity index (χ1) is 9.44. The van der Waals surface area contributed by atoms with Crippen LogP contribution in [0.25, 0.3) is 0 Å². The number of carboxylic acid groups (broad SMARTS) is 1. The van der Waals surface area contributed by atoms with Crippen LogP contribution in [0.5, 0.6) is 0 Å². The number of carbonyl (C=O) groups is 2. The van der Waals surface area contributed by atoms with Crippen molar-refractivity contribution in [2.75, 3.05) is 20.2 Å². The molecule has 114 valence electrons. The molecule has 3 unspecified atom stereocenters. The molecule has 0 spiro atoms. The van der Waals surface area contributed by atoms with Gasteiger partial charge in [0, 0.05) is 20.2 Å². The van der Waals surface area contributed by atoms with Crippen molar-refractivity contribution in [2.24, 2.45) is 0 Å². The van der Waals surface area contributed by atoms with E-state index in [0.717, 1.165) is 12.8 Å². The summed E-state index contributed by atoms with van der Waals surface area (Å²) in [5.74, 6) is -0.894. The van der Waals surface area contributed by atoms with E-state index in [4.69, 9.17) is 4.74 Å². The van der Waals surface area contributed by atoms with Crippen LogP contribution in [-0.4, -0.2) is 64.8 Å². The van der Waals surface area contributed by atoms with Crippen LogP contribution in [0.3, 0.4) is 0 Å². The lowest BCUT2D eigenvalue weighted by atomic mass is 9.93. The van der Waals surface area contributed by atoms with E-state index in [-0.39, 0.29) is 18.2 Å². The zero-order chi connectivity index (χ0) is 14.9. The van der Waals surface area contributed by atoms with Gasteiger partial charge in [-0.1, -0.05) is 6.92 Å². The van der Waals surface area contributed by atoms with Gasteiger partial charge in [0.1, 0.15) is 5.54 Å². The fourth-order valence-electron chi connectivity index (χ4n) is 3.46. The quantitative estimate of drug-likeness (QED) is 0.853. The Morgan fingerprint density at radius 2 is 2.20 bits per heavy atom. The molecule has 2 aliphatic heterocycles. The fraction of sp³-hybridized carbons (Fsp3) is 0.857. The molecule has 20 heavy (non-hydrogen) atoms. The minimum absolute atomic E-state index is 0.00686. The topological polar surface area (TPSA) is 70.1 Å². The summed E-state index contributed by atoms with van der Waals surface area (Å²) < 4.78 is 5.50. The number of ether oxygens (including phenoxy) is 1. The number of hydrogen-bond acceptors (Lipinski definition) is 3. The molecule has 1 N–H and O–H groups in total.